The number of phosphoric ester groups is 1. The summed E-state index contributed by atoms with van der Waals surface area (Å²) >= 11 is 0. The van der Waals surface area contributed by atoms with Crippen LogP contribution >= 0.6 is 7.82 Å². The minimum atomic E-state index is -4.69. The van der Waals surface area contributed by atoms with Crippen LogP contribution in [0.4, 0.5) is 0 Å². The Hall–Kier alpha value is -2.11. The number of aliphatic hydroxyl groups is 2. The quantitative estimate of drug-likeness (QED) is 0.0154. The van der Waals surface area contributed by atoms with Crippen LogP contribution in [-0.4, -0.2) is 92.5 Å². The standard InChI is InChI=1S/C44H80NO10P/c1-6-8-10-12-14-15-16-17-18-19-20-22-28-34-43(48)52-38-42(39-54-56(50,51)53-37-36-45(3,4)5)55-44(49)35-29-33-41(47)32-27-24-23-26-31-40(46)30-25-21-13-11-9-7-2/h21,23-27,31-32,40-42,46-47H,6-20,22,28-30,33-39H2,1-5H3/b24-23-,25-21-,31-26+,32-27+/t40?,41?,42-/m1/s1. The second-order valence-electron chi connectivity index (χ2n) is 15.8. The number of allylic oxidation sites excluding steroid dienone is 5. The van der Waals surface area contributed by atoms with Crippen molar-refractivity contribution in [2.75, 3.05) is 47.5 Å². The van der Waals surface area contributed by atoms with Crippen molar-refractivity contribution < 1.29 is 52.3 Å². The summed E-state index contributed by atoms with van der Waals surface area (Å²) in [4.78, 5) is 37.5. The molecule has 2 N–H and O–H groups in total. The van der Waals surface area contributed by atoms with Crippen molar-refractivity contribution in [2.24, 2.45) is 0 Å². The van der Waals surface area contributed by atoms with E-state index in [4.69, 9.17) is 18.5 Å². The van der Waals surface area contributed by atoms with E-state index in [2.05, 4.69) is 19.9 Å². The molecule has 0 fully saturated rings. The van der Waals surface area contributed by atoms with Gasteiger partial charge in [0.1, 0.15) is 19.8 Å². The van der Waals surface area contributed by atoms with Crippen LogP contribution in [0, 0.1) is 0 Å². The van der Waals surface area contributed by atoms with E-state index in [1.165, 1.54) is 77.0 Å². The van der Waals surface area contributed by atoms with Crippen LogP contribution in [0.15, 0.2) is 48.6 Å². The molecule has 0 rings (SSSR count). The number of carbonyl (C=O) groups is 2. The number of hydrogen-bond acceptors (Lipinski definition) is 10. The molecule has 0 aromatic heterocycles. The first-order valence-electron chi connectivity index (χ1n) is 21.6. The number of nitrogens with zero attached hydrogens (tertiary/aromatic N) is 1. The van der Waals surface area contributed by atoms with Crippen molar-refractivity contribution in [2.45, 2.75) is 173 Å². The molecule has 0 amide bonds. The molecule has 3 unspecified atom stereocenters. The molecule has 0 aliphatic rings. The third kappa shape index (κ3) is 38.7. The zero-order chi connectivity index (χ0) is 41.8. The molecule has 0 heterocycles. The molecule has 0 aromatic carbocycles. The minimum Gasteiger partial charge on any atom is -0.756 e. The largest absolute Gasteiger partial charge is 0.756 e. The number of likely N-dealkylation sites (N-methyl/N-ethyl adjacent to an activating group) is 1. The summed E-state index contributed by atoms with van der Waals surface area (Å²) in [6, 6.07) is 0. The summed E-state index contributed by atoms with van der Waals surface area (Å²) in [7, 11) is 1.01. The molecule has 11 nitrogen and oxygen atoms in total. The van der Waals surface area contributed by atoms with E-state index in [9.17, 15) is 29.3 Å². The van der Waals surface area contributed by atoms with Crippen molar-refractivity contribution >= 4 is 19.8 Å². The van der Waals surface area contributed by atoms with Gasteiger partial charge in [-0.3, -0.25) is 14.2 Å². The molecule has 0 aliphatic heterocycles. The fourth-order valence-corrected chi connectivity index (χ4v) is 6.28. The molecule has 56 heavy (non-hydrogen) atoms. The molecular formula is C44H80NO10P. The van der Waals surface area contributed by atoms with Crippen LogP contribution in [0.5, 0.6) is 0 Å². The molecule has 12 heteroatoms. The number of unbranched alkanes of at least 4 members (excludes halogenated alkanes) is 15. The second kappa shape index (κ2) is 36.0. The summed E-state index contributed by atoms with van der Waals surface area (Å²) in [6.45, 7) is 3.86. The lowest BCUT2D eigenvalue weighted by atomic mass is 10.0. The van der Waals surface area contributed by atoms with E-state index in [1.807, 2.05) is 27.2 Å². The SMILES string of the molecule is CCCCC/C=C\CC(O)/C=C/C=C\C=C\C(O)CCCC(=O)O[C@H](COC(=O)CCCCCCCCCCCCCCC)COP(=O)([O-])OCC[N+](C)(C)C. The van der Waals surface area contributed by atoms with Crippen LogP contribution in [0.3, 0.4) is 0 Å². The van der Waals surface area contributed by atoms with Gasteiger partial charge in [0.05, 0.1) is 40.0 Å². The number of phosphoric acid groups is 1. The number of esters is 2. The van der Waals surface area contributed by atoms with Gasteiger partial charge in [-0.05, 0) is 38.5 Å². The van der Waals surface area contributed by atoms with Gasteiger partial charge in [-0.15, -0.1) is 0 Å². The van der Waals surface area contributed by atoms with Gasteiger partial charge < -0.3 is 38.1 Å². The highest BCUT2D eigenvalue weighted by Gasteiger charge is 2.22. The average molecular weight is 814 g/mol. The Morgan fingerprint density at radius 1 is 0.661 bits per heavy atom. The molecule has 0 aromatic rings. The van der Waals surface area contributed by atoms with E-state index in [1.54, 1.807) is 36.5 Å². The maximum absolute atomic E-state index is 12.7. The summed E-state index contributed by atoms with van der Waals surface area (Å²) in [5.41, 5.74) is 0. The van der Waals surface area contributed by atoms with E-state index < -0.39 is 44.7 Å². The van der Waals surface area contributed by atoms with Gasteiger partial charge in [-0.25, -0.2) is 0 Å². The Kier molecular flexibility index (Phi) is 34.6. The Bertz CT molecular complexity index is 1130. The Morgan fingerprint density at radius 3 is 1.79 bits per heavy atom. The van der Waals surface area contributed by atoms with Crippen LogP contribution in [0.25, 0.3) is 0 Å². The normalized spacial score (nSPS) is 15.2. The predicted octanol–water partition coefficient (Wildman–Crippen LogP) is 9.22. The summed E-state index contributed by atoms with van der Waals surface area (Å²) in [5, 5.41) is 20.3. The van der Waals surface area contributed by atoms with E-state index >= 15 is 0 Å². The lowest BCUT2D eigenvalue weighted by Gasteiger charge is -2.28. The fourth-order valence-electron chi connectivity index (χ4n) is 5.55. The maximum atomic E-state index is 12.7. The van der Waals surface area contributed by atoms with Gasteiger partial charge in [-0.1, -0.05) is 152 Å². The summed E-state index contributed by atoms with van der Waals surface area (Å²) in [5.74, 6) is -1.08. The number of quaternary nitrogens is 1. The van der Waals surface area contributed by atoms with Gasteiger partial charge in [0.2, 0.25) is 0 Å². The summed E-state index contributed by atoms with van der Waals surface area (Å²) < 4.78 is 33.6. The van der Waals surface area contributed by atoms with Crippen molar-refractivity contribution in [1.82, 2.24) is 0 Å². The van der Waals surface area contributed by atoms with Crippen molar-refractivity contribution in [3.63, 3.8) is 0 Å². The maximum Gasteiger partial charge on any atom is 0.306 e. The molecule has 0 spiro atoms. The topological polar surface area (TPSA) is 152 Å². The number of hydrogen-bond donors (Lipinski definition) is 2. The van der Waals surface area contributed by atoms with Crippen molar-refractivity contribution in [3.05, 3.63) is 48.6 Å². The van der Waals surface area contributed by atoms with E-state index in [-0.39, 0.29) is 26.1 Å². The minimum absolute atomic E-state index is 0.0349. The number of carbonyl (C=O) groups excluding carboxylic acids is 2. The van der Waals surface area contributed by atoms with Crippen LogP contribution in [0.1, 0.15) is 155 Å². The Labute approximate surface area is 340 Å². The molecular weight excluding hydrogens is 733 g/mol. The molecule has 0 radical (unpaired) electrons. The number of aliphatic hydroxyl groups excluding tert-OH is 2. The highest BCUT2D eigenvalue weighted by atomic mass is 31.2. The molecule has 326 valence electrons. The number of ether oxygens (including phenoxy) is 2. The van der Waals surface area contributed by atoms with Gasteiger partial charge in [0.15, 0.2) is 6.10 Å². The smallest absolute Gasteiger partial charge is 0.306 e. The van der Waals surface area contributed by atoms with Crippen LogP contribution < -0.4 is 4.89 Å². The third-order valence-corrected chi connectivity index (χ3v) is 10.0. The van der Waals surface area contributed by atoms with Crippen LogP contribution in [-0.2, 0) is 32.7 Å². The predicted molar refractivity (Wildman–Crippen MR) is 225 cm³/mol. The third-order valence-electron chi connectivity index (χ3n) is 9.04. The molecule has 0 saturated heterocycles. The zero-order valence-corrected chi connectivity index (χ0v) is 36.7. The lowest BCUT2D eigenvalue weighted by Crippen LogP contribution is -2.37. The zero-order valence-electron chi connectivity index (χ0n) is 35.8. The van der Waals surface area contributed by atoms with Gasteiger partial charge in [0, 0.05) is 12.8 Å². The van der Waals surface area contributed by atoms with Gasteiger partial charge >= 0.3 is 11.9 Å². The summed E-state index contributed by atoms with van der Waals surface area (Å²) in [6.07, 6.45) is 33.4. The lowest BCUT2D eigenvalue weighted by molar-refractivity contribution is -0.870. The Morgan fingerprint density at radius 2 is 1.20 bits per heavy atom. The van der Waals surface area contributed by atoms with Crippen molar-refractivity contribution in [3.8, 4) is 0 Å². The highest BCUT2D eigenvalue weighted by molar-refractivity contribution is 7.45. The average Bonchev–Trinajstić information content (AvgIpc) is 3.13. The van der Waals surface area contributed by atoms with Gasteiger partial charge in [-0.2, -0.15) is 0 Å². The molecule has 0 aliphatic carbocycles. The van der Waals surface area contributed by atoms with E-state index in [0.717, 1.165) is 25.7 Å². The van der Waals surface area contributed by atoms with Crippen LogP contribution in [0.2, 0.25) is 0 Å². The first-order valence-corrected chi connectivity index (χ1v) is 23.0. The number of rotatable bonds is 38. The monoisotopic (exact) mass is 814 g/mol. The van der Waals surface area contributed by atoms with E-state index in [0.29, 0.717) is 36.7 Å². The second-order valence-corrected chi connectivity index (χ2v) is 17.2. The first-order chi connectivity index (χ1) is 26.8. The molecule has 0 saturated carbocycles. The van der Waals surface area contributed by atoms with Crippen molar-refractivity contribution in [1.29, 1.82) is 0 Å². The fraction of sp³-hybridized carbons (Fsp3) is 0.773. The molecule has 0 bridgehead atoms. The molecule has 4 atom stereocenters. The van der Waals surface area contributed by atoms with Gasteiger partial charge in [0.25, 0.3) is 7.82 Å². The highest BCUT2D eigenvalue weighted by Crippen LogP contribution is 2.38. The first kappa shape index (κ1) is 53.9. The Balaban J connectivity index is 4.66.